The minimum Gasteiger partial charge on any atom is -0.379 e. The second-order valence-corrected chi connectivity index (χ2v) is 8.07. The molecule has 1 aliphatic heterocycles. The second kappa shape index (κ2) is 7.88. The Morgan fingerprint density at radius 1 is 1.12 bits per heavy atom. The summed E-state index contributed by atoms with van der Waals surface area (Å²) in [5.74, 6) is 2.61. The van der Waals surface area contributed by atoms with Gasteiger partial charge in [0.1, 0.15) is 0 Å². The van der Waals surface area contributed by atoms with Gasteiger partial charge in [-0.05, 0) is 48.1 Å². The normalized spacial score (nSPS) is 29.0. The first-order valence-electron chi connectivity index (χ1n) is 9.91. The lowest BCUT2D eigenvalue weighted by atomic mass is 9.86. The van der Waals surface area contributed by atoms with Gasteiger partial charge in [-0.25, -0.2) is 0 Å². The fourth-order valence-electron chi connectivity index (χ4n) is 5.01. The highest BCUT2D eigenvalue weighted by molar-refractivity contribution is 5.76. The molecule has 4 heteroatoms. The smallest absolute Gasteiger partial charge is 0.220 e. The Hall–Kier alpha value is -1.39. The Labute approximate surface area is 150 Å². The summed E-state index contributed by atoms with van der Waals surface area (Å²) in [6.45, 7) is 5.22. The van der Waals surface area contributed by atoms with E-state index >= 15 is 0 Å². The Balaban J connectivity index is 1.29. The van der Waals surface area contributed by atoms with Crippen molar-refractivity contribution >= 4 is 5.91 Å². The van der Waals surface area contributed by atoms with Gasteiger partial charge in [-0.3, -0.25) is 9.69 Å². The number of morpholine rings is 1. The number of benzene rings is 1. The molecule has 0 radical (unpaired) electrons. The fraction of sp³-hybridized carbons (Fsp3) is 0.667. The third-order valence-corrected chi connectivity index (χ3v) is 6.42. The summed E-state index contributed by atoms with van der Waals surface area (Å²) in [4.78, 5) is 14.8. The van der Waals surface area contributed by atoms with Crippen molar-refractivity contribution < 1.29 is 9.53 Å². The van der Waals surface area contributed by atoms with E-state index in [1.807, 2.05) is 0 Å². The first kappa shape index (κ1) is 17.0. The molecule has 1 amide bonds. The average molecular weight is 342 g/mol. The number of rotatable bonds is 6. The van der Waals surface area contributed by atoms with Crippen LogP contribution in [0.2, 0.25) is 0 Å². The number of nitrogens with zero attached hydrogens (tertiary/aromatic N) is 1. The highest BCUT2D eigenvalue weighted by atomic mass is 16.5. The molecule has 2 bridgehead atoms. The largest absolute Gasteiger partial charge is 0.379 e. The van der Waals surface area contributed by atoms with Crippen LogP contribution >= 0.6 is 0 Å². The average Bonchev–Trinajstić information content (AvgIpc) is 3.25. The quantitative estimate of drug-likeness (QED) is 0.864. The van der Waals surface area contributed by atoms with Crippen molar-refractivity contribution in [2.24, 2.45) is 17.8 Å². The molecule has 3 aliphatic rings. The van der Waals surface area contributed by atoms with Crippen LogP contribution in [0.4, 0.5) is 0 Å². The van der Waals surface area contributed by atoms with Crippen LogP contribution in [0.5, 0.6) is 0 Å². The second-order valence-electron chi connectivity index (χ2n) is 8.07. The maximum Gasteiger partial charge on any atom is 0.220 e. The van der Waals surface area contributed by atoms with Crippen molar-refractivity contribution in [3.63, 3.8) is 0 Å². The van der Waals surface area contributed by atoms with E-state index in [0.717, 1.165) is 51.1 Å². The highest BCUT2D eigenvalue weighted by Crippen LogP contribution is 2.49. The Morgan fingerprint density at radius 2 is 1.92 bits per heavy atom. The zero-order chi connectivity index (χ0) is 17.1. The zero-order valence-electron chi connectivity index (χ0n) is 15.1. The van der Waals surface area contributed by atoms with Crippen LogP contribution < -0.4 is 5.32 Å². The van der Waals surface area contributed by atoms with E-state index in [2.05, 4.69) is 34.5 Å². The van der Waals surface area contributed by atoms with Gasteiger partial charge in [0.25, 0.3) is 0 Å². The first-order chi connectivity index (χ1) is 12.3. The van der Waals surface area contributed by atoms with Crippen molar-refractivity contribution in [2.75, 3.05) is 26.3 Å². The third-order valence-electron chi connectivity index (χ3n) is 6.42. The minimum absolute atomic E-state index is 0.235. The van der Waals surface area contributed by atoms with Crippen LogP contribution in [0.25, 0.3) is 0 Å². The highest BCUT2D eigenvalue weighted by Gasteiger charge is 2.40. The summed E-state index contributed by atoms with van der Waals surface area (Å²) >= 11 is 0. The predicted octanol–water partition coefficient (Wildman–Crippen LogP) is 2.96. The van der Waals surface area contributed by atoms with Gasteiger partial charge in [-0.2, -0.15) is 0 Å². The molecule has 1 heterocycles. The molecule has 1 saturated heterocycles. The van der Waals surface area contributed by atoms with E-state index in [1.165, 1.54) is 36.8 Å². The molecular formula is C21H30N2O2. The van der Waals surface area contributed by atoms with Gasteiger partial charge in [0.2, 0.25) is 5.91 Å². The molecule has 0 aromatic heterocycles. The lowest BCUT2D eigenvalue weighted by molar-refractivity contribution is -0.122. The lowest BCUT2D eigenvalue weighted by Crippen LogP contribution is -2.36. The molecular weight excluding hydrogens is 312 g/mol. The zero-order valence-corrected chi connectivity index (χ0v) is 15.1. The molecule has 1 aromatic rings. The van der Waals surface area contributed by atoms with E-state index in [1.54, 1.807) is 0 Å². The van der Waals surface area contributed by atoms with Crippen LogP contribution in [0.15, 0.2) is 24.3 Å². The van der Waals surface area contributed by atoms with Crippen molar-refractivity contribution in [1.82, 2.24) is 10.2 Å². The van der Waals surface area contributed by atoms with Crippen molar-refractivity contribution in [3.8, 4) is 0 Å². The van der Waals surface area contributed by atoms with Gasteiger partial charge in [-0.1, -0.05) is 30.7 Å². The molecule has 3 atom stereocenters. The van der Waals surface area contributed by atoms with E-state index in [4.69, 9.17) is 4.74 Å². The molecule has 2 saturated carbocycles. The number of nitrogens with one attached hydrogen (secondary N) is 1. The van der Waals surface area contributed by atoms with Crippen LogP contribution in [0.1, 0.15) is 43.2 Å². The van der Waals surface area contributed by atoms with Crippen LogP contribution in [0, 0.1) is 17.8 Å². The number of fused-ring (bicyclic) bond motifs is 2. The standard InChI is InChI=1S/C21H30N2O2/c24-21(13-20-12-16-5-6-17(20)11-16)22-14-18-3-1-2-4-19(18)15-23-7-9-25-10-8-23/h1-4,16-17,20H,5-15H2,(H,22,24). The molecule has 4 nitrogen and oxygen atoms in total. The maximum absolute atomic E-state index is 12.4. The third kappa shape index (κ3) is 4.24. The first-order valence-corrected chi connectivity index (χ1v) is 9.91. The molecule has 25 heavy (non-hydrogen) atoms. The van der Waals surface area contributed by atoms with Gasteiger partial charge in [-0.15, -0.1) is 0 Å². The number of carbonyl (C=O) groups excluding carboxylic acids is 1. The summed E-state index contributed by atoms with van der Waals surface area (Å²) < 4.78 is 5.43. The summed E-state index contributed by atoms with van der Waals surface area (Å²) in [5, 5.41) is 3.18. The van der Waals surface area contributed by atoms with E-state index in [0.29, 0.717) is 12.5 Å². The summed E-state index contributed by atoms with van der Waals surface area (Å²) in [5.41, 5.74) is 2.57. The number of hydrogen-bond acceptors (Lipinski definition) is 3. The number of hydrogen-bond donors (Lipinski definition) is 1. The summed E-state index contributed by atoms with van der Waals surface area (Å²) in [6, 6.07) is 8.50. The number of amides is 1. The van der Waals surface area contributed by atoms with Gasteiger partial charge in [0, 0.05) is 32.6 Å². The van der Waals surface area contributed by atoms with Crippen LogP contribution in [-0.4, -0.2) is 37.1 Å². The summed E-state index contributed by atoms with van der Waals surface area (Å²) in [6.07, 6.45) is 6.14. The maximum atomic E-state index is 12.4. The van der Waals surface area contributed by atoms with Gasteiger partial charge in [0.15, 0.2) is 0 Å². The number of carbonyl (C=O) groups is 1. The molecule has 1 aromatic carbocycles. The Morgan fingerprint density at radius 3 is 2.64 bits per heavy atom. The Bertz CT molecular complexity index is 597. The van der Waals surface area contributed by atoms with E-state index in [9.17, 15) is 4.79 Å². The van der Waals surface area contributed by atoms with E-state index < -0.39 is 0 Å². The lowest BCUT2D eigenvalue weighted by Gasteiger charge is -2.27. The minimum atomic E-state index is 0.235. The number of ether oxygens (including phenoxy) is 1. The fourth-order valence-corrected chi connectivity index (χ4v) is 5.01. The molecule has 2 aliphatic carbocycles. The Kier molecular flexibility index (Phi) is 5.37. The van der Waals surface area contributed by atoms with Gasteiger partial charge >= 0.3 is 0 Å². The van der Waals surface area contributed by atoms with Crippen molar-refractivity contribution in [2.45, 2.75) is 45.2 Å². The van der Waals surface area contributed by atoms with Crippen molar-refractivity contribution in [3.05, 3.63) is 35.4 Å². The summed E-state index contributed by atoms with van der Waals surface area (Å²) in [7, 11) is 0. The monoisotopic (exact) mass is 342 g/mol. The molecule has 3 fully saturated rings. The SMILES string of the molecule is O=C(CC1CC2CCC1C2)NCc1ccccc1CN1CCOCC1. The van der Waals surface area contributed by atoms with Gasteiger partial charge in [0.05, 0.1) is 13.2 Å². The molecule has 4 rings (SSSR count). The van der Waals surface area contributed by atoms with Crippen molar-refractivity contribution in [1.29, 1.82) is 0 Å². The topological polar surface area (TPSA) is 41.6 Å². The molecule has 1 N–H and O–H groups in total. The molecule has 0 spiro atoms. The van der Waals surface area contributed by atoms with E-state index in [-0.39, 0.29) is 5.91 Å². The van der Waals surface area contributed by atoms with Crippen LogP contribution in [0.3, 0.4) is 0 Å². The molecule has 136 valence electrons. The van der Waals surface area contributed by atoms with Gasteiger partial charge < -0.3 is 10.1 Å². The predicted molar refractivity (Wildman–Crippen MR) is 97.9 cm³/mol. The molecule has 3 unspecified atom stereocenters. The van der Waals surface area contributed by atoms with Crippen LogP contribution in [-0.2, 0) is 22.6 Å².